The first-order valence-corrected chi connectivity index (χ1v) is 10.1. The Hall–Kier alpha value is 1.44. The predicted molar refractivity (Wildman–Crippen MR) is 103 cm³/mol. The second kappa shape index (κ2) is 13.7. The number of alkyl halides is 5. The Morgan fingerprint density at radius 1 is 0.864 bits per heavy atom. The van der Waals surface area contributed by atoms with Crippen molar-refractivity contribution in [3.8, 4) is 0 Å². The highest BCUT2D eigenvalue weighted by Gasteiger charge is 2.35. The zero-order chi connectivity index (χ0) is 17.1. The third-order valence-corrected chi connectivity index (χ3v) is 6.50. The van der Waals surface area contributed by atoms with Crippen molar-refractivity contribution in [1.29, 1.82) is 0 Å². The molecule has 7 heteroatoms. The summed E-state index contributed by atoms with van der Waals surface area (Å²) in [6, 6.07) is 0. The third-order valence-electron chi connectivity index (χ3n) is 3.43. The molecule has 1 nitrogen and oxygen atoms in total. The van der Waals surface area contributed by atoms with Crippen molar-refractivity contribution in [1.82, 2.24) is 0 Å². The van der Waals surface area contributed by atoms with Crippen LogP contribution in [0, 0.1) is 0 Å². The van der Waals surface area contributed by atoms with Crippen molar-refractivity contribution in [3.05, 3.63) is 11.6 Å². The van der Waals surface area contributed by atoms with Gasteiger partial charge in [-0.15, -0.1) is 58.0 Å². The van der Waals surface area contributed by atoms with E-state index >= 15 is 0 Å². The van der Waals surface area contributed by atoms with Gasteiger partial charge in [0.15, 0.2) is 0 Å². The average molecular weight is 433 g/mol. The normalized spacial score (nSPS) is 20.5. The van der Waals surface area contributed by atoms with Gasteiger partial charge in [-0.2, -0.15) is 0 Å². The first-order chi connectivity index (χ1) is 10.3. The lowest BCUT2D eigenvalue weighted by atomic mass is 10.0. The van der Waals surface area contributed by atoms with Crippen molar-refractivity contribution >= 4 is 69.6 Å². The Morgan fingerprint density at radius 3 is 2.00 bits per heavy atom. The van der Waals surface area contributed by atoms with Gasteiger partial charge in [-0.1, -0.05) is 36.9 Å². The van der Waals surface area contributed by atoms with Crippen LogP contribution in [0.4, 0.5) is 0 Å². The number of unbranched alkanes of at least 4 members (excludes halogenated alkanes) is 4. The lowest BCUT2D eigenvalue weighted by Gasteiger charge is -2.28. The minimum atomic E-state index is -0.998. The number of hydrogen-bond donors (Lipinski definition) is 1. The molecule has 0 fully saturated rings. The fourth-order valence-corrected chi connectivity index (χ4v) is 3.51. The molecule has 0 amide bonds. The van der Waals surface area contributed by atoms with Gasteiger partial charge in [0.05, 0.1) is 27.6 Å². The van der Waals surface area contributed by atoms with Gasteiger partial charge in [0.25, 0.3) is 0 Å². The second-order valence-corrected chi connectivity index (χ2v) is 8.38. The van der Waals surface area contributed by atoms with Crippen LogP contribution in [0.3, 0.4) is 0 Å². The summed E-state index contributed by atoms with van der Waals surface area (Å²) in [5.41, 5.74) is 1.55. The van der Waals surface area contributed by atoms with Gasteiger partial charge in [0, 0.05) is 10.9 Å². The van der Waals surface area contributed by atoms with Crippen molar-refractivity contribution < 1.29 is 5.11 Å². The minimum absolute atomic E-state index is 0.309. The summed E-state index contributed by atoms with van der Waals surface area (Å²) >= 11 is 36.1. The van der Waals surface area contributed by atoms with E-state index in [0.717, 1.165) is 38.5 Å². The van der Waals surface area contributed by atoms with Crippen LogP contribution in [0.15, 0.2) is 11.6 Å². The summed E-state index contributed by atoms with van der Waals surface area (Å²) in [4.78, 5) is 0. The van der Waals surface area contributed by atoms with Crippen LogP contribution < -0.4 is 0 Å². The van der Waals surface area contributed by atoms with Crippen LogP contribution in [0.1, 0.15) is 45.4 Å². The zero-order valence-electron chi connectivity index (χ0n) is 12.6. The van der Waals surface area contributed by atoms with Gasteiger partial charge in [-0.25, -0.2) is 0 Å². The quantitative estimate of drug-likeness (QED) is 0.275. The first-order valence-electron chi connectivity index (χ1n) is 7.46. The SMILES string of the molecule is C[C@H](Cl)[C@H](Cl)[C@H](O)[C@@H](Cl)[C@H](Cl)[C@@H](Cl)CCCCCC/C=C/Cl. The first kappa shape index (κ1) is 23.4. The van der Waals surface area contributed by atoms with Crippen LogP contribution in [0.2, 0.25) is 0 Å². The Balaban J connectivity index is 4.01. The smallest absolute Gasteiger partial charge is 0.0896 e. The molecule has 1 N–H and O–H groups in total. The highest BCUT2D eigenvalue weighted by molar-refractivity contribution is 6.36. The fourth-order valence-electron chi connectivity index (χ4n) is 2.01. The predicted octanol–water partition coefficient (Wildman–Crippen LogP) is 6.50. The molecular formula is C15H24Cl6O. The lowest BCUT2D eigenvalue weighted by Crippen LogP contribution is -2.42. The molecule has 6 atom stereocenters. The minimum Gasteiger partial charge on any atom is -0.390 e. The van der Waals surface area contributed by atoms with Gasteiger partial charge in [-0.05, 0) is 26.2 Å². The van der Waals surface area contributed by atoms with Gasteiger partial charge < -0.3 is 5.11 Å². The summed E-state index contributed by atoms with van der Waals surface area (Å²) in [6.07, 6.45) is 6.97. The van der Waals surface area contributed by atoms with Gasteiger partial charge in [0.2, 0.25) is 0 Å². The highest BCUT2D eigenvalue weighted by atomic mass is 35.5. The maximum atomic E-state index is 10.1. The summed E-state index contributed by atoms with van der Waals surface area (Å²) in [5.74, 6) is 0. The van der Waals surface area contributed by atoms with E-state index in [0.29, 0.717) is 0 Å². The van der Waals surface area contributed by atoms with Crippen LogP contribution in [-0.2, 0) is 0 Å². The standard InChI is InChI=1S/C15H24Cl6O/c1-10(17)12(19)15(22)14(21)13(20)11(18)8-6-4-2-3-5-7-9-16/h7,9-15,22H,2-6,8H2,1H3/b9-7+/t10-,11-,12-,13+,14-,15-/m0/s1. The monoisotopic (exact) mass is 430 g/mol. The number of aliphatic hydroxyl groups is 1. The molecule has 0 aromatic carbocycles. The summed E-state index contributed by atoms with van der Waals surface area (Å²) in [5, 5.41) is 7.39. The molecule has 0 radical (unpaired) electrons. The Morgan fingerprint density at radius 2 is 1.45 bits per heavy atom. The Labute approximate surface area is 164 Å². The Kier molecular flexibility index (Phi) is 14.6. The molecule has 0 aliphatic rings. The average Bonchev–Trinajstić information content (AvgIpc) is 2.50. The van der Waals surface area contributed by atoms with Gasteiger partial charge in [0.1, 0.15) is 0 Å². The molecule has 0 saturated carbocycles. The zero-order valence-corrected chi connectivity index (χ0v) is 17.1. The molecule has 0 unspecified atom stereocenters. The van der Waals surface area contributed by atoms with Gasteiger partial charge in [-0.3, -0.25) is 0 Å². The van der Waals surface area contributed by atoms with E-state index in [4.69, 9.17) is 69.6 Å². The number of halogens is 6. The van der Waals surface area contributed by atoms with Crippen LogP contribution in [-0.4, -0.2) is 38.1 Å². The molecular weight excluding hydrogens is 409 g/mol. The van der Waals surface area contributed by atoms with Crippen molar-refractivity contribution in [3.63, 3.8) is 0 Å². The van der Waals surface area contributed by atoms with Crippen molar-refractivity contribution in [2.45, 2.75) is 78.4 Å². The van der Waals surface area contributed by atoms with Crippen LogP contribution in [0.25, 0.3) is 0 Å². The van der Waals surface area contributed by atoms with E-state index < -0.39 is 27.6 Å². The van der Waals surface area contributed by atoms with Crippen molar-refractivity contribution in [2.24, 2.45) is 0 Å². The van der Waals surface area contributed by atoms with Crippen LogP contribution >= 0.6 is 69.6 Å². The van der Waals surface area contributed by atoms with E-state index in [2.05, 4.69) is 0 Å². The second-order valence-electron chi connectivity index (χ2n) is 5.37. The fraction of sp³-hybridized carbons (Fsp3) is 0.867. The molecule has 0 aliphatic carbocycles. The van der Waals surface area contributed by atoms with Crippen LogP contribution in [0.5, 0.6) is 0 Å². The van der Waals surface area contributed by atoms with E-state index in [1.54, 1.807) is 12.5 Å². The molecule has 0 aliphatic heterocycles. The van der Waals surface area contributed by atoms with E-state index in [9.17, 15) is 5.11 Å². The van der Waals surface area contributed by atoms with E-state index in [-0.39, 0.29) is 5.38 Å². The van der Waals surface area contributed by atoms with Crippen molar-refractivity contribution in [2.75, 3.05) is 0 Å². The third kappa shape index (κ3) is 9.67. The van der Waals surface area contributed by atoms with E-state index in [1.807, 2.05) is 6.08 Å². The number of aliphatic hydroxyl groups excluding tert-OH is 1. The molecule has 0 spiro atoms. The molecule has 132 valence electrons. The number of hydrogen-bond acceptors (Lipinski definition) is 1. The summed E-state index contributed by atoms with van der Waals surface area (Å²) in [7, 11) is 0. The molecule has 0 heterocycles. The summed E-state index contributed by atoms with van der Waals surface area (Å²) < 4.78 is 0. The highest BCUT2D eigenvalue weighted by Crippen LogP contribution is 2.29. The maximum absolute atomic E-state index is 10.1. The molecule has 0 aromatic heterocycles. The number of allylic oxidation sites excluding steroid dienone is 1. The maximum Gasteiger partial charge on any atom is 0.0896 e. The molecule has 0 bridgehead atoms. The molecule has 0 aromatic rings. The Bertz CT molecular complexity index is 300. The van der Waals surface area contributed by atoms with E-state index in [1.165, 1.54) is 0 Å². The molecule has 0 rings (SSSR count). The molecule has 22 heavy (non-hydrogen) atoms. The topological polar surface area (TPSA) is 20.2 Å². The lowest BCUT2D eigenvalue weighted by molar-refractivity contribution is 0.160. The molecule has 0 saturated heterocycles. The largest absolute Gasteiger partial charge is 0.390 e. The summed E-state index contributed by atoms with van der Waals surface area (Å²) in [6.45, 7) is 1.70. The number of rotatable bonds is 12. The van der Waals surface area contributed by atoms with Gasteiger partial charge >= 0.3 is 0 Å².